The smallest absolute Gasteiger partial charge is 0.283 e. The second kappa shape index (κ2) is 9.75. The topological polar surface area (TPSA) is 81.6 Å². The van der Waals surface area contributed by atoms with Gasteiger partial charge in [0, 0.05) is 12.1 Å². The van der Waals surface area contributed by atoms with Crippen LogP contribution in [0.5, 0.6) is 5.75 Å². The number of nitrogens with zero attached hydrogens (tertiary/aromatic N) is 3. The summed E-state index contributed by atoms with van der Waals surface area (Å²) < 4.78 is 16.8. The summed E-state index contributed by atoms with van der Waals surface area (Å²) in [6, 6.07) is 21.1. The lowest BCUT2D eigenvalue weighted by molar-refractivity contribution is -0.134. The van der Waals surface area contributed by atoms with Gasteiger partial charge in [-0.25, -0.2) is 0 Å². The predicted octanol–water partition coefficient (Wildman–Crippen LogP) is 4.81. The summed E-state index contributed by atoms with van der Waals surface area (Å²) in [6.07, 6.45) is 2.34. The Labute approximate surface area is 180 Å². The molecule has 0 bridgehead atoms. The number of ether oxygens (including phenoxy) is 1. The largest absolute Gasteiger partial charge is 0.483 e. The van der Waals surface area contributed by atoms with Gasteiger partial charge in [0.05, 0.1) is 12.8 Å². The summed E-state index contributed by atoms with van der Waals surface area (Å²) in [5.41, 5.74) is 1.98. The van der Waals surface area contributed by atoms with Crippen LogP contribution in [-0.4, -0.2) is 34.2 Å². The maximum Gasteiger partial charge on any atom is 0.283 e. The minimum Gasteiger partial charge on any atom is -0.483 e. The monoisotopic (exact) mass is 417 g/mol. The van der Waals surface area contributed by atoms with E-state index in [1.54, 1.807) is 17.0 Å². The molecule has 158 valence electrons. The van der Waals surface area contributed by atoms with E-state index >= 15 is 0 Å². The Morgan fingerprint density at radius 3 is 2.58 bits per heavy atom. The first-order valence-corrected chi connectivity index (χ1v) is 10.2. The molecule has 2 aromatic heterocycles. The van der Waals surface area contributed by atoms with Gasteiger partial charge in [0.25, 0.3) is 11.8 Å². The van der Waals surface area contributed by atoms with Crippen LogP contribution in [0.15, 0.2) is 81.8 Å². The molecule has 4 aromatic rings. The maximum absolute atomic E-state index is 12.9. The van der Waals surface area contributed by atoms with E-state index in [1.807, 2.05) is 61.5 Å². The molecule has 7 heteroatoms. The van der Waals surface area contributed by atoms with Gasteiger partial charge < -0.3 is 18.5 Å². The van der Waals surface area contributed by atoms with Gasteiger partial charge in [-0.05, 0) is 30.2 Å². The predicted molar refractivity (Wildman–Crippen MR) is 115 cm³/mol. The van der Waals surface area contributed by atoms with Crippen molar-refractivity contribution in [2.24, 2.45) is 0 Å². The molecule has 0 aliphatic rings. The van der Waals surface area contributed by atoms with Crippen LogP contribution in [-0.2, 0) is 11.3 Å². The van der Waals surface area contributed by atoms with E-state index < -0.39 is 0 Å². The Balaban J connectivity index is 1.43. The molecule has 0 N–H and O–H groups in total. The molecule has 0 atom stereocenters. The third kappa shape index (κ3) is 5.01. The van der Waals surface area contributed by atoms with Crippen molar-refractivity contribution < 1.29 is 18.4 Å². The quantitative estimate of drug-likeness (QED) is 0.389. The first kappa shape index (κ1) is 20.4. The van der Waals surface area contributed by atoms with Crippen molar-refractivity contribution >= 4 is 5.91 Å². The highest BCUT2D eigenvalue weighted by Crippen LogP contribution is 2.29. The van der Waals surface area contributed by atoms with E-state index in [0.717, 1.165) is 17.5 Å². The van der Waals surface area contributed by atoms with Gasteiger partial charge in [-0.15, -0.1) is 10.2 Å². The van der Waals surface area contributed by atoms with E-state index in [4.69, 9.17) is 13.6 Å². The van der Waals surface area contributed by atoms with Gasteiger partial charge >= 0.3 is 0 Å². The Morgan fingerprint density at radius 2 is 1.81 bits per heavy atom. The summed E-state index contributed by atoms with van der Waals surface area (Å²) in [7, 11) is 0. The van der Waals surface area contributed by atoms with Crippen LogP contribution in [0.1, 0.15) is 19.2 Å². The van der Waals surface area contributed by atoms with E-state index in [-0.39, 0.29) is 24.9 Å². The van der Waals surface area contributed by atoms with Crippen molar-refractivity contribution in [1.82, 2.24) is 15.1 Å². The number of carbonyl (C=O) groups excluding carboxylic acids is 1. The molecular weight excluding hydrogens is 394 g/mol. The van der Waals surface area contributed by atoms with Crippen LogP contribution < -0.4 is 4.74 Å². The highest BCUT2D eigenvalue weighted by atomic mass is 16.5. The average Bonchev–Trinajstić information content (AvgIpc) is 3.50. The SMILES string of the molecule is CCCN(Cc1nnc(-c2ccco2)o1)C(=O)COc1ccccc1-c1ccccc1. The molecule has 0 saturated carbocycles. The van der Waals surface area contributed by atoms with Crippen molar-refractivity contribution in [3.05, 3.63) is 78.9 Å². The van der Waals surface area contributed by atoms with Gasteiger partial charge in [0.2, 0.25) is 5.89 Å². The number of carbonyl (C=O) groups is 1. The molecule has 0 fully saturated rings. The minimum atomic E-state index is -0.150. The third-order valence-corrected chi connectivity index (χ3v) is 4.69. The zero-order valence-electron chi connectivity index (χ0n) is 17.2. The number of hydrogen-bond acceptors (Lipinski definition) is 6. The van der Waals surface area contributed by atoms with Gasteiger partial charge in [-0.3, -0.25) is 4.79 Å². The number of amides is 1. The molecule has 0 aliphatic carbocycles. The fourth-order valence-corrected chi connectivity index (χ4v) is 3.22. The van der Waals surface area contributed by atoms with Crippen LogP contribution in [0.2, 0.25) is 0 Å². The Hall–Kier alpha value is -3.87. The van der Waals surface area contributed by atoms with E-state index in [9.17, 15) is 4.79 Å². The number of rotatable bonds is 9. The van der Waals surface area contributed by atoms with Crippen molar-refractivity contribution in [3.8, 4) is 28.5 Å². The fraction of sp³-hybridized carbons (Fsp3) is 0.208. The van der Waals surface area contributed by atoms with Crippen LogP contribution in [0.4, 0.5) is 0 Å². The second-order valence-corrected chi connectivity index (χ2v) is 6.94. The molecular formula is C24H23N3O4. The number of furan rings is 1. The Morgan fingerprint density at radius 1 is 1.00 bits per heavy atom. The highest BCUT2D eigenvalue weighted by molar-refractivity contribution is 5.78. The van der Waals surface area contributed by atoms with E-state index in [2.05, 4.69) is 10.2 Å². The van der Waals surface area contributed by atoms with Crippen LogP contribution in [0, 0.1) is 0 Å². The summed E-state index contributed by atoms with van der Waals surface area (Å²) >= 11 is 0. The lowest BCUT2D eigenvalue weighted by Crippen LogP contribution is -2.35. The van der Waals surface area contributed by atoms with Crippen LogP contribution in [0.25, 0.3) is 22.8 Å². The molecule has 0 aliphatic heterocycles. The number of aromatic nitrogens is 2. The molecule has 0 saturated heterocycles. The molecule has 1 amide bonds. The van der Waals surface area contributed by atoms with E-state index in [0.29, 0.717) is 23.9 Å². The van der Waals surface area contributed by atoms with Gasteiger partial charge in [-0.2, -0.15) is 0 Å². The molecule has 2 aromatic carbocycles. The molecule has 0 spiro atoms. The standard InChI is InChI=1S/C24H23N3O4/c1-2-14-27(16-22-25-26-24(31-22)21-13-8-15-29-21)23(28)17-30-20-12-7-6-11-19(20)18-9-4-3-5-10-18/h3-13,15H,2,14,16-17H2,1H3. The van der Waals surface area contributed by atoms with Gasteiger partial charge in [0.1, 0.15) is 5.75 Å². The second-order valence-electron chi connectivity index (χ2n) is 6.94. The van der Waals surface area contributed by atoms with Crippen LogP contribution in [0.3, 0.4) is 0 Å². The minimum absolute atomic E-state index is 0.0803. The Kier molecular flexibility index (Phi) is 6.42. The first-order valence-electron chi connectivity index (χ1n) is 10.2. The lowest BCUT2D eigenvalue weighted by atomic mass is 10.1. The van der Waals surface area contributed by atoms with Crippen molar-refractivity contribution in [2.75, 3.05) is 13.2 Å². The van der Waals surface area contributed by atoms with Crippen LogP contribution >= 0.6 is 0 Å². The first-order chi connectivity index (χ1) is 15.2. The summed E-state index contributed by atoms with van der Waals surface area (Å²) in [5, 5.41) is 8.03. The number of benzene rings is 2. The molecule has 0 unspecified atom stereocenters. The summed E-state index contributed by atoms with van der Waals surface area (Å²) in [4.78, 5) is 14.5. The summed E-state index contributed by atoms with van der Waals surface area (Å²) in [5.74, 6) is 1.64. The molecule has 31 heavy (non-hydrogen) atoms. The molecule has 4 rings (SSSR count). The lowest BCUT2D eigenvalue weighted by Gasteiger charge is -2.21. The highest BCUT2D eigenvalue weighted by Gasteiger charge is 2.19. The Bertz CT molecular complexity index is 1110. The number of hydrogen-bond donors (Lipinski definition) is 0. The third-order valence-electron chi connectivity index (χ3n) is 4.69. The average molecular weight is 417 g/mol. The maximum atomic E-state index is 12.9. The zero-order valence-corrected chi connectivity index (χ0v) is 17.2. The molecule has 2 heterocycles. The van der Waals surface area contributed by atoms with Crippen molar-refractivity contribution in [3.63, 3.8) is 0 Å². The van der Waals surface area contributed by atoms with Gasteiger partial charge in [0.15, 0.2) is 12.4 Å². The van der Waals surface area contributed by atoms with Gasteiger partial charge in [-0.1, -0.05) is 55.5 Å². The van der Waals surface area contributed by atoms with E-state index in [1.165, 1.54) is 6.26 Å². The fourth-order valence-electron chi connectivity index (χ4n) is 3.22. The van der Waals surface area contributed by atoms with Crippen molar-refractivity contribution in [1.29, 1.82) is 0 Å². The number of para-hydroxylation sites is 1. The molecule has 7 nitrogen and oxygen atoms in total. The molecule has 0 radical (unpaired) electrons. The normalized spacial score (nSPS) is 10.7. The zero-order chi connectivity index (χ0) is 21.5. The van der Waals surface area contributed by atoms with Crippen molar-refractivity contribution in [2.45, 2.75) is 19.9 Å². The summed E-state index contributed by atoms with van der Waals surface area (Å²) in [6.45, 7) is 2.70.